The molecule has 0 spiro atoms. The first-order chi connectivity index (χ1) is 13.7. The lowest BCUT2D eigenvalue weighted by molar-refractivity contribution is 0.0784. The smallest absolute Gasteiger partial charge is 0.254 e. The topological polar surface area (TPSA) is 90.7 Å². The summed E-state index contributed by atoms with van der Waals surface area (Å²) in [6, 6.07) is 4.92. The molecule has 0 bridgehead atoms. The number of nitrogens with zero attached hydrogens (tertiary/aromatic N) is 3. The first-order valence-electron chi connectivity index (χ1n) is 9.39. The Morgan fingerprint density at radius 2 is 1.93 bits per heavy atom. The molecule has 1 fully saturated rings. The number of ether oxygens (including phenoxy) is 2. The van der Waals surface area contributed by atoms with E-state index in [4.69, 9.17) is 9.47 Å². The molecule has 2 heterocycles. The zero-order valence-electron chi connectivity index (χ0n) is 17.4. The van der Waals surface area contributed by atoms with Crippen molar-refractivity contribution < 1.29 is 22.7 Å². The number of hydrogen-bond acceptors (Lipinski definition) is 6. The predicted molar refractivity (Wildman–Crippen MR) is 109 cm³/mol. The highest BCUT2D eigenvalue weighted by atomic mass is 32.2. The number of amides is 1. The van der Waals surface area contributed by atoms with Gasteiger partial charge in [0.1, 0.15) is 0 Å². The van der Waals surface area contributed by atoms with Gasteiger partial charge in [-0.15, -0.1) is 0 Å². The number of aryl methyl sites for hydroxylation is 1. The van der Waals surface area contributed by atoms with Crippen molar-refractivity contribution in [3.05, 3.63) is 40.7 Å². The number of benzene rings is 1. The van der Waals surface area contributed by atoms with Crippen molar-refractivity contribution in [2.45, 2.75) is 32.9 Å². The van der Waals surface area contributed by atoms with Crippen molar-refractivity contribution in [3.8, 4) is 11.5 Å². The minimum atomic E-state index is -3.00. The van der Waals surface area contributed by atoms with Crippen LogP contribution in [0.15, 0.2) is 18.2 Å². The van der Waals surface area contributed by atoms with Crippen LogP contribution in [0.4, 0.5) is 0 Å². The summed E-state index contributed by atoms with van der Waals surface area (Å²) in [6.07, 6.45) is 0.574. The zero-order valence-corrected chi connectivity index (χ0v) is 18.2. The standard InChI is InChI=1S/C20H27N3O5S/c1-13-17(14(2)23(21-13)16-8-9-29(25,26)12-16)11-22(3)20(24)15-6-7-18(27-4)19(10-15)28-5/h6-7,10,16H,8-9,11-12H2,1-5H3. The number of methoxy groups -OCH3 is 2. The molecule has 1 unspecified atom stereocenters. The van der Waals surface area contributed by atoms with Gasteiger partial charge in [-0.2, -0.15) is 5.10 Å². The average Bonchev–Trinajstić information content (AvgIpc) is 3.19. The molecule has 1 aromatic carbocycles. The minimum Gasteiger partial charge on any atom is -0.493 e. The minimum absolute atomic E-state index is 0.120. The maximum atomic E-state index is 12.9. The Labute approximate surface area is 171 Å². The van der Waals surface area contributed by atoms with E-state index in [1.165, 1.54) is 7.11 Å². The van der Waals surface area contributed by atoms with Gasteiger partial charge in [0.15, 0.2) is 21.3 Å². The van der Waals surface area contributed by atoms with Crippen molar-refractivity contribution in [1.29, 1.82) is 0 Å². The Hall–Kier alpha value is -2.55. The largest absolute Gasteiger partial charge is 0.493 e. The van der Waals surface area contributed by atoms with E-state index in [0.717, 1.165) is 17.0 Å². The normalized spacial score (nSPS) is 17.9. The summed E-state index contributed by atoms with van der Waals surface area (Å²) in [7, 11) is 1.81. The number of aromatic nitrogens is 2. The van der Waals surface area contributed by atoms with Crippen LogP contribution in [-0.2, 0) is 16.4 Å². The van der Waals surface area contributed by atoms with Crippen LogP contribution in [0, 0.1) is 13.8 Å². The summed E-state index contributed by atoms with van der Waals surface area (Å²) in [5, 5.41) is 4.57. The lowest BCUT2D eigenvalue weighted by Gasteiger charge is -2.19. The summed E-state index contributed by atoms with van der Waals surface area (Å²) >= 11 is 0. The quantitative estimate of drug-likeness (QED) is 0.710. The van der Waals surface area contributed by atoms with Crippen LogP contribution in [0.1, 0.15) is 39.8 Å². The molecule has 1 saturated heterocycles. The maximum Gasteiger partial charge on any atom is 0.254 e. The van der Waals surface area contributed by atoms with Crippen molar-refractivity contribution in [2.75, 3.05) is 32.8 Å². The Kier molecular flexibility index (Phi) is 5.88. The molecule has 1 aliphatic heterocycles. The van der Waals surface area contributed by atoms with Crippen molar-refractivity contribution in [3.63, 3.8) is 0 Å². The molecule has 1 aromatic heterocycles. The third kappa shape index (κ3) is 4.24. The van der Waals surface area contributed by atoms with Crippen LogP contribution in [-0.4, -0.2) is 61.8 Å². The fourth-order valence-electron chi connectivity index (χ4n) is 3.75. The molecule has 29 heavy (non-hydrogen) atoms. The molecule has 3 rings (SSSR count). The summed E-state index contributed by atoms with van der Waals surface area (Å²) < 4.78 is 36.0. The van der Waals surface area contributed by atoms with Crippen LogP contribution < -0.4 is 9.47 Å². The number of carbonyl (C=O) groups is 1. The molecule has 158 valence electrons. The molecule has 2 aromatic rings. The number of sulfone groups is 1. The Morgan fingerprint density at radius 1 is 1.24 bits per heavy atom. The van der Waals surface area contributed by atoms with Gasteiger partial charge in [-0.1, -0.05) is 0 Å². The van der Waals surface area contributed by atoms with E-state index in [2.05, 4.69) is 5.10 Å². The second-order valence-corrected chi connectivity index (χ2v) is 9.61. The fourth-order valence-corrected chi connectivity index (χ4v) is 5.44. The highest BCUT2D eigenvalue weighted by Crippen LogP contribution is 2.29. The average molecular weight is 422 g/mol. The molecular formula is C20H27N3O5S. The summed E-state index contributed by atoms with van der Waals surface area (Å²) in [4.78, 5) is 14.5. The number of carbonyl (C=O) groups excluding carboxylic acids is 1. The van der Waals surface area contributed by atoms with Crippen LogP contribution in [0.5, 0.6) is 11.5 Å². The molecule has 1 aliphatic rings. The fraction of sp³-hybridized carbons (Fsp3) is 0.500. The van der Waals surface area contributed by atoms with Gasteiger partial charge in [0.25, 0.3) is 5.91 Å². The van der Waals surface area contributed by atoms with E-state index < -0.39 is 9.84 Å². The summed E-state index contributed by atoms with van der Waals surface area (Å²) in [5.74, 6) is 1.22. The van der Waals surface area contributed by atoms with Gasteiger partial charge in [-0.3, -0.25) is 9.48 Å². The van der Waals surface area contributed by atoms with Crippen LogP contribution in [0.25, 0.3) is 0 Å². The predicted octanol–water partition coefficient (Wildman–Crippen LogP) is 2.15. The van der Waals surface area contributed by atoms with E-state index in [-0.39, 0.29) is 23.5 Å². The van der Waals surface area contributed by atoms with Crippen molar-refractivity contribution in [1.82, 2.24) is 14.7 Å². The Balaban J connectivity index is 1.80. The van der Waals surface area contributed by atoms with E-state index in [9.17, 15) is 13.2 Å². The highest BCUT2D eigenvalue weighted by molar-refractivity contribution is 7.91. The van der Waals surface area contributed by atoms with Gasteiger partial charge >= 0.3 is 0 Å². The first kappa shape index (κ1) is 21.2. The summed E-state index contributed by atoms with van der Waals surface area (Å²) in [6.45, 7) is 4.19. The molecule has 0 N–H and O–H groups in total. The molecular weight excluding hydrogens is 394 g/mol. The molecule has 1 atom stereocenters. The second kappa shape index (κ2) is 8.06. The van der Waals surface area contributed by atoms with Gasteiger partial charge in [-0.05, 0) is 38.5 Å². The Bertz CT molecular complexity index is 1030. The van der Waals surface area contributed by atoms with Crippen molar-refractivity contribution in [2.24, 2.45) is 0 Å². The second-order valence-electron chi connectivity index (χ2n) is 7.38. The zero-order chi connectivity index (χ0) is 21.3. The van der Waals surface area contributed by atoms with Gasteiger partial charge in [0.05, 0.1) is 37.5 Å². The lowest BCUT2D eigenvalue weighted by atomic mass is 10.1. The van der Waals surface area contributed by atoms with E-state index >= 15 is 0 Å². The monoisotopic (exact) mass is 421 g/mol. The first-order valence-corrected chi connectivity index (χ1v) is 11.2. The van der Waals surface area contributed by atoms with Gasteiger partial charge < -0.3 is 14.4 Å². The third-order valence-corrected chi connectivity index (χ3v) is 7.15. The lowest BCUT2D eigenvalue weighted by Crippen LogP contribution is -2.26. The van der Waals surface area contributed by atoms with Crippen LogP contribution in [0.3, 0.4) is 0 Å². The van der Waals surface area contributed by atoms with E-state index in [0.29, 0.717) is 30.0 Å². The molecule has 9 heteroatoms. The van der Waals surface area contributed by atoms with Crippen molar-refractivity contribution >= 4 is 15.7 Å². The highest BCUT2D eigenvalue weighted by Gasteiger charge is 2.31. The number of hydrogen-bond donors (Lipinski definition) is 0. The number of rotatable bonds is 6. The summed E-state index contributed by atoms with van der Waals surface area (Å²) in [5.41, 5.74) is 3.13. The molecule has 0 radical (unpaired) electrons. The maximum absolute atomic E-state index is 12.9. The molecule has 0 saturated carbocycles. The van der Waals surface area contributed by atoms with Crippen LogP contribution in [0.2, 0.25) is 0 Å². The Morgan fingerprint density at radius 3 is 2.52 bits per heavy atom. The van der Waals surface area contributed by atoms with Gasteiger partial charge in [-0.25, -0.2) is 8.42 Å². The molecule has 0 aliphatic carbocycles. The SMILES string of the molecule is COc1ccc(C(=O)N(C)Cc2c(C)nn(C3CCS(=O)(=O)C3)c2C)cc1OC. The van der Waals surface area contributed by atoms with E-state index in [1.54, 1.807) is 37.3 Å². The van der Waals surface area contributed by atoms with E-state index in [1.807, 2.05) is 18.5 Å². The van der Waals surface area contributed by atoms with Crippen LogP contribution >= 0.6 is 0 Å². The van der Waals surface area contributed by atoms with Gasteiger partial charge in [0.2, 0.25) is 0 Å². The van der Waals surface area contributed by atoms with Gasteiger partial charge in [0, 0.05) is 30.4 Å². The molecule has 8 nitrogen and oxygen atoms in total. The third-order valence-electron chi connectivity index (χ3n) is 5.40. The molecule has 1 amide bonds.